The zero-order valence-corrected chi connectivity index (χ0v) is 18.7. The van der Waals surface area contributed by atoms with E-state index in [0.717, 1.165) is 23.5 Å². The third-order valence-electron chi connectivity index (χ3n) is 5.30. The number of aromatic carboxylic acids is 1. The molecule has 0 fully saturated rings. The molecule has 0 saturated heterocycles. The summed E-state index contributed by atoms with van der Waals surface area (Å²) in [6.45, 7) is 0. The van der Waals surface area contributed by atoms with Crippen molar-refractivity contribution in [2.45, 2.75) is 12.5 Å². The lowest BCUT2D eigenvalue weighted by Crippen LogP contribution is -2.30. The lowest BCUT2D eigenvalue weighted by molar-refractivity contribution is -0.138. The van der Waals surface area contributed by atoms with Crippen molar-refractivity contribution in [2.24, 2.45) is 0 Å². The number of hydrogen-bond donors (Lipinski definition) is 1. The van der Waals surface area contributed by atoms with E-state index in [2.05, 4.69) is 0 Å². The first-order chi connectivity index (χ1) is 17.0. The van der Waals surface area contributed by atoms with E-state index in [1.165, 1.54) is 48.5 Å². The second kappa shape index (κ2) is 9.39. The van der Waals surface area contributed by atoms with Crippen LogP contribution < -0.4 is 5.56 Å². The third-order valence-corrected chi connectivity index (χ3v) is 6.46. The van der Waals surface area contributed by atoms with Gasteiger partial charge in [0.2, 0.25) is 6.30 Å². The van der Waals surface area contributed by atoms with Crippen molar-refractivity contribution in [1.82, 2.24) is 4.57 Å². The van der Waals surface area contributed by atoms with Gasteiger partial charge in [0, 0.05) is 10.4 Å². The summed E-state index contributed by atoms with van der Waals surface area (Å²) in [7, 11) is 0. The van der Waals surface area contributed by atoms with E-state index in [1.807, 2.05) is 0 Å². The molecule has 2 heterocycles. The number of carboxylic acids is 1. The monoisotopic (exact) mass is 516 g/mol. The van der Waals surface area contributed by atoms with Crippen molar-refractivity contribution in [2.75, 3.05) is 0 Å². The van der Waals surface area contributed by atoms with Gasteiger partial charge in [0.05, 0.1) is 21.7 Å². The van der Waals surface area contributed by atoms with Crippen LogP contribution in [0.4, 0.5) is 22.0 Å². The second-order valence-electron chi connectivity index (χ2n) is 7.51. The number of aromatic nitrogens is 1. The van der Waals surface area contributed by atoms with Crippen LogP contribution in [0.3, 0.4) is 0 Å². The van der Waals surface area contributed by atoms with Crippen LogP contribution in [-0.4, -0.2) is 15.6 Å². The summed E-state index contributed by atoms with van der Waals surface area (Å²) in [5, 5.41) is 18.5. The number of halogens is 5. The third kappa shape index (κ3) is 4.50. The van der Waals surface area contributed by atoms with Gasteiger partial charge in [-0.05, 0) is 42.0 Å². The molecule has 182 valence electrons. The number of nitriles is 1. The van der Waals surface area contributed by atoms with Crippen LogP contribution in [0, 0.1) is 17.1 Å². The van der Waals surface area contributed by atoms with Crippen molar-refractivity contribution < 1.29 is 31.9 Å². The van der Waals surface area contributed by atoms with Crippen LogP contribution >= 0.6 is 11.3 Å². The number of pyridine rings is 1. The number of rotatable bonds is 5. The molecule has 0 aliphatic heterocycles. The van der Waals surface area contributed by atoms with E-state index in [4.69, 9.17) is 0 Å². The highest BCUT2D eigenvalue weighted by atomic mass is 32.1. The zero-order chi connectivity index (χ0) is 26.2. The second-order valence-corrected chi connectivity index (χ2v) is 8.59. The van der Waals surface area contributed by atoms with Crippen LogP contribution in [0.25, 0.3) is 21.0 Å². The summed E-state index contributed by atoms with van der Waals surface area (Å²) >= 11 is 0.869. The molecule has 1 unspecified atom stereocenters. The zero-order valence-electron chi connectivity index (χ0n) is 17.9. The summed E-state index contributed by atoms with van der Waals surface area (Å²) in [4.78, 5) is 24.7. The Kier molecular flexibility index (Phi) is 6.47. The minimum atomic E-state index is -5.10. The molecule has 0 amide bonds. The highest BCUT2D eigenvalue weighted by Gasteiger charge is 2.38. The highest BCUT2D eigenvalue weighted by molar-refractivity contribution is 7.18. The topological polar surface area (TPSA) is 83.1 Å². The fraction of sp³-hybridized carbons (Fsp3) is 0.0800. The summed E-state index contributed by atoms with van der Waals surface area (Å²) in [5.41, 5.74) is -5.17. The van der Waals surface area contributed by atoms with E-state index in [-0.39, 0.29) is 10.4 Å². The average Bonchev–Trinajstić information content (AvgIpc) is 3.33. The molecule has 1 N–H and O–H groups in total. The summed E-state index contributed by atoms with van der Waals surface area (Å²) in [6.07, 6.45) is -7.64. The van der Waals surface area contributed by atoms with Crippen LogP contribution in [-0.2, 0) is 6.18 Å². The van der Waals surface area contributed by atoms with E-state index < -0.39 is 52.2 Å². The number of alkyl halides is 4. The Morgan fingerprint density at radius 1 is 1.03 bits per heavy atom. The van der Waals surface area contributed by atoms with Crippen molar-refractivity contribution in [3.63, 3.8) is 0 Å². The van der Waals surface area contributed by atoms with Gasteiger partial charge in [-0.1, -0.05) is 30.3 Å². The SMILES string of the molecule is N#Cc1c(C(F)(F)F)cc(-c2ccc(-c3cccc(C(=O)O)c3)s2)n(C(F)c2ccccc2F)c1=O. The first-order valence-electron chi connectivity index (χ1n) is 10.1. The van der Waals surface area contributed by atoms with E-state index in [0.29, 0.717) is 21.1 Å². The number of hydrogen-bond acceptors (Lipinski definition) is 4. The molecule has 4 rings (SSSR count). The molecule has 0 aliphatic carbocycles. The largest absolute Gasteiger partial charge is 0.478 e. The van der Waals surface area contributed by atoms with E-state index >= 15 is 4.39 Å². The van der Waals surface area contributed by atoms with Gasteiger partial charge in [-0.2, -0.15) is 18.4 Å². The van der Waals surface area contributed by atoms with Gasteiger partial charge < -0.3 is 5.11 Å². The fourth-order valence-corrected chi connectivity index (χ4v) is 4.63. The van der Waals surface area contributed by atoms with Gasteiger partial charge in [-0.15, -0.1) is 11.3 Å². The Hall–Kier alpha value is -4.30. The maximum absolute atomic E-state index is 15.6. The Balaban J connectivity index is 1.98. The molecule has 0 saturated carbocycles. The lowest BCUT2D eigenvalue weighted by Gasteiger charge is -2.20. The molecule has 0 spiro atoms. The Bertz CT molecular complexity index is 1580. The molecule has 2 aromatic heterocycles. The smallest absolute Gasteiger partial charge is 0.417 e. The Morgan fingerprint density at radius 3 is 2.36 bits per heavy atom. The van der Waals surface area contributed by atoms with Crippen molar-refractivity contribution in [3.8, 4) is 27.1 Å². The highest BCUT2D eigenvalue weighted by Crippen LogP contribution is 2.40. The number of carbonyl (C=O) groups is 1. The van der Waals surface area contributed by atoms with Gasteiger partial charge in [0.25, 0.3) is 5.56 Å². The summed E-state index contributed by atoms with van der Waals surface area (Å²) in [5.74, 6) is -2.21. The maximum Gasteiger partial charge on any atom is 0.417 e. The van der Waals surface area contributed by atoms with E-state index in [1.54, 1.807) is 6.07 Å². The van der Waals surface area contributed by atoms with Crippen LogP contribution in [0.15, 0.2) is 71.5 Å². The van der Waals surface area contributed by atoms with Gasteiger partial charge in [0.15, 0.2) is 0 Å². The molecule has 5 nitrogen and oxygen atoms in total. The Labute approximate surface area is 203 Å². The average molecular weight is 516 g/mol. The molecule has 0 radical (unpaired) electrons. The number of thiophene rings is 1. The standard InChI is InChI=1S/C25H13F5N2O3S/c26-18-7-2-1-6-15(18)22(27)32-19(11-17(25(28,29)30)16(12-31)23(32)33)21-9-8-20(36-21)13-4-3-5-14(10-13)24(34)35/h1-11,22H,(H,34,35). The molecule has 36 heavy (non-hydrogen) atoms. The first kappa shape index (κ1) is 24.8. The molecule has 0 bridgehead atoms. The molecule has 0 aliphatic rings. The van der Waals surface area contributed by atoms with Gasteiger partial charge in [0.1, 0.15) is 17.4 Å². The number of benzene rings is 2. The molecule has 1 atom stereocenters. The first-order valence-corrected chi connectivity index (χ1v) is 10.9. The van der Waals surface area contributed by atoms with Gasteiger partial charge >= 0.3 is 12.1 Å². The molecule has 4 aromatic rings. The van der Waals surface area contributed by atoms with E-state index in [9.17, 15) is 37.5 Å². The normalized spacial score (nSPS) is 12.2. The van der Waals surface area contributed by atoms with Gasteiger partial charge in [-0.3, -0.25) is 9.36 Å². The molecule has 2 aromatic carbocycles. The minimum Gasteiger partial charge on any atom is -0.478 e. The van der Waals surface area contributed by atoms with Crippen molar-refractivity contribution >= 4 is 17.3 Å². The summed E-state index contributed by atoms with van der Waals surface area (Å²) in [6, 6.07) is 14.8. The predicted molar refractivity (Wildman–Crippen MR) is 122 cm³/mol. The van der Waals surface area contributed by atoms with Crippen LogP contribution in [0.5, 0.6) is 0 Å². The van der Waals surface area contributed by atoms with Gasteiger partial charge in [-0.25, -0.2) is 13.6 Å². The fourth-order valence-electron chi connectivity index (χ4n) is 3.61. The van der Waals surface area contributed by atoms with Crippen LogP contribution in [0.1, 0.15) is 33.3 Å². The van der Waals surface area contributed by atoms with Crippen molar-refractivity contribution in [3.05, 3.63) is 105 Å². The predicted octanol–water partition coefficient (Wildman–Crippen LogP) is 6.49. The lowest BCUT2D eigenvalue weighted by atomic mass is 10.1. The van der Waals surface area contributed by atoms with Crippen LogP contribution in [0.2, 0.25) is 0 Å². The summed E-state index contributed by atoms with van der Waals surface area (Å²) < 4.78 is 71.4. The molecular formula is C25H13F5N2O3S. The number of nitrogens with zero attached hydrogens (tertiary/aromatic N) is 2. The number of carboxylic acid groups (broad SMARTS) is 1. The quantitative estimate of drug-likeness (QED) is 0.308. The Morgan fingerprint density at radius 2 is 1.72 bits per heavy atom. The molecular weight excluding hydrogens is 503 g/mol. The minimum absolute atomic E-state index is 0.0109. The van der Waals surface area contributed by atoms with Crippen molar-refractivity contribution in [1.29, 1.82) is 5.26 Å². The molecule has 11 heteroatoms. The maximum atomic E-state index is 15.6.